The van der Waals surface area contributed by atoms with E-state index in [-0.39, 0.29) is 11.9 Å². The van der Waals surface area contributed by atoms with Gasteiger partial charge in [-0.05, 0) is 23.7 Å². The van der Waals surface area contributed by atoms with Gasteiger partial charge in [0.1, 0.15) is 0 Å². The summed E-state index contributed by atoms with van der Waals surface area (Å²) < 4.78 is 0. The second-order valence-electron chi connectivity index (χ2n) is 4.50. The van der Waals surface area contributed by atoms with E-state index < -0.39 is 0 Å². The summed E-state index contributed by atoms with van der Waals surface area (Å²) in [4.78, 5) is 11.0. The smallest absolute Gasteiger partial charge is 0.219 e. The molecule has 2 rings (SSSR count). The lowest BCUT2D eigenvalue weighted by atomic mass is 9.99. The van der Waals surface area contributed by atoms with Crippen LogP contribution in [0.4, 0.5) is 0 Å². The average molecular weight is 254 g/mol. The van der Waals surface area contributed by atoms with E-state index in [2.05, 4.69) is 29.6 Å². The molecule has 0 aliphatic heterocycles. The van der Waals surface area contributed by atoms with Gasteiger partial charge in [-0.2, -0.15) is 0 Å². The summed E-state index contributed by atoms with van der Waals surface area (Å²) in [6, 6.07) is 18.4. The molecule has 0 heterocycles. The van der Waals surface area contributed by atoms with Crippen LogP contribution >= 0.6 is 0 Å². The molecule has 1 amide bonds. The average Bonchev–Trinajstić information content (AvgIpc) is 2.46. The number of amides is 1. The van der Waals surface area contributed by atoms with Gasteiger partial charge >= 0.3 is 0 Å². The summed E-state index contributed by atoms with van der Waals surface area (Å²) in [6.07, 6.45) is 0.307. The molecule has 19 heavy (non-hydrogen) atoms. The van der Waals surface area contributed by atoms with Crippen molar-refractivity contribution in [3.8, 4) is 11.1 Å². The van der Waals surface area contributed by atoms with Gasteiger partial charge in [-0.3, -0.25) is 4.79 Å². The maximum Gasteiger partial charge on any atom is 0.219 e. The molecule has 0 spiro atoms. The Labute approximate surface area is 113 Å². The number of hydrogen-bond donors (Lipinski definition) is 2. The van der Waals surface area contributed by atoms with E-state index in [4.69, 9.17) is 5.73 Å². The van der Waals surface area contributed by atoms with Gasteiger partial charge in [0.05, 0.1) is 0 Å². The minimum atomic E-state index is -0.300. The zero-order valence-electron chi connectivity index (χ0n) is 11.0. The zero-order chi connectivity index (χ0) is 13.7. The SMILES string of the molecule is CNC(CC(N)=O)c1ccc(-c2ccccc2)cc1. The number of carbonyl (C=O) groups is 1. The Morgan fingerprint density at radius 2 is 1.63 bits per heavy atom. The second-order valence-corrected chi connectivity index (χ2v) is 4.50. The molecular formula is C16H18N2O. The van der Waals surface area contributed by atoms with Gasteiger partial charge in [-0.15, -0.1) is 0 Å². The lowest BCUT2D eigenvalue weighted by Crippen LogP contribution is -2.23. The highest BCUT2D eigenvalue weighted by Gasteiger charge is 2.11. The maximum atomic E-state index is 11.0. The van der Waals surface area contributed by atoms with Crippen molar-refractivity contribution in [2.24, 2.45) is 5.73 Å². The van der Waals surface area contributed by atoms with Crippen molar-refractivity contribution in [2.75, 3.05) is 7.05 Å². The van der Waals surface area contributed by atoms with Gasteiger partial charge in [-0.1, -0.05) is 54.6 Å². The van der Waals surface area contributed by atoms with Crippen LogP contribution in [-0.2, 0) is 4.79 Å². The third-order valence-electron chi connectivity index (χ3n) is 3.17. The van der Waals surface area contributed by atoms with Crippen LogP contribution in [0.2, 0.25) is 0 Å². The summed E-state index contributed by atoms with van der Waals surface area (Å²) >= 11 is 0. The first-order valence-corrected chi connectivity index (χ1v) is 6.31. The molecule has 0 aromatic heterocycles. The molecule has 0 saturated heterocycles. The monoisotopic (exact) mass is 254 g/mol. The van der Waals surface area contributed by atoms with Crippen molar-refractivity contribution < 1.29 is 4.79 Å². The third-order valence-corrected chi connectivity index (χ3v) is 3.17. The van der Waals surface area contributed by atoms with Crippen LogP contribution < -0.4 is 11.1 Å². The summed E-state index contributed by atoms with van der Waals surface area (Å²) in [7, 11) is 1.83. The van der Waals surface area contributed by atoms with Crippen LogP contribution in [0, 0.1) is 0 Å². The zero-order valence-corrected chi connectivity index (χ0v) is 11.0. The molecule has 0 fully saturated rings. The standard InChI is InChI=1S/C16H18N2O/c1-18-15(11-16(17)19)14-9-7-13(8-10-14)12-5-3-2-4-6-12/h2-10,15,18H,11H2,1H3,(H2,17,19). The van der Waals surface area contributed by atoms with Crippen LogP contribution in [0.25, 0.3) is 11.1 Å². The number of hydrogen-bond acceptors (Lipinski definition) is 2. The second kappa shape index (κ2) is 6.16. The van der Waals surface area contributed by atoms with Crippen LogP contribution in [0.1, 0.15) is 18.0 Å². The Kier molecular flexibility index (Phi) is 4.31. The molecule has 0 radical (unpaired) electrons. The molecule has 3 N–H and O–H groups in total. The normalized spacial score (nSPS) is 12.1. The Hall–Kier alpha value is -2.13. The van der Waals surface area contributed by atoms with Crippen LogP contribution in [0.3, 0.4) is 0 Å². The molecular weight excluding hydrogens is 236 g/mol. The van der Waals surface area contributed by atoms with E-state index in [0.717, 1.165) is 5.56 Å². The van der Waals surface area contributed by atoms with Crippen molar-refractivity contribution in [2.45, 2.75) is 12.5 Å². The van der Waals surface area contributed by atoms with E-state index in [0.29, 0.717) is 6.42 Å². The van der Waals surface area contributed by atoms with Gasteiger partial charge < -0.3 is 11.1 Å². The van der Waals surface area contributed by atoms with Crippen LogP contribution in [0.5, 0.6) is 0 Å². The molecule has 0 bridgehead atoms. The molecule has 2 aromatic carbocycles. The topological polar surface area (TPSA) is 55.1 Å². The summed E-state index contributed by atoms with van der Waals surface area (Å²) in [5, 5.41) is 3.11. The number of rotatable bonds is 5. The number of benzene rings is 2. The third kappa shape index (κ3) is 3.42. The number of carbonyl (C=O) groups excluding carboxylic acids is 1. The van der Waals surface area contributed by atoms with E-state index >= 15 is 0 Å². The maximum absolute atomic E-state index is 11.0. The Bertz CT molecular complexity index is 534. The lowest BCUT2D eigenvalue weighted by molar-refractivity contribution is -0.118. The van der Waals surface area contributed by atoms with Crippen molar-refractivity contribution in [1.82, 2.24) is 5.32 Å². The number of nitrogens with one attached hydrogen (secondary N) is 1. The summed E-state index contributed by atoms with van der Waals surface area (Å²) in [5.41, 5.74) is 8.67. The minimum absolute atomic E-state index is 0.0256. The van der Waals surface area contributed by atoms with Crippen molar-refractivity contribution in [1.29, 1.82) is 0 Å². The van der Waals surface area contributed by atoms with E-state index in [1.54, 1.807) is 0 Å². The summed E-state index contributed by atoms with van der Waals surface area (Å²) in [5.74, 6) is -0.300. The van der Waals surface area contributed by atoms with Crippen LogP contribution in [-0.4, -0.2) is 13.0 Å². The van der Waals surface area contributed by atoms with Gasteiger partial charge in [-0.25, -0.2) is 0 Å². The van der Waals surface area contributed by atoms with Crippen molar-refractivity contribution >= 4 is 5.91 Å². The Balaban J connectivity index is 2.20. The minimum Gasteiger partial charge on any atom is -0.370 e. The molecule has 0 aliphatic rings. The quantitative estimate of drug-likeness (QED) is 0.861. The van der Waals surface area contributed by atoms with E-state index in [1.165, 1.54) is 11.1 Å². The van der Waals surface area contributed by atoms with Gasteiger partial charge in [0.25, 0.3) is 0 Å². The molecule has 0 saturated carbocycles. The predicted molar refractivity (Wildman–Crippen MR) is 77.5 cm³/mol. The molecule has 2 aromatic rings. The first-order chi connectivity index (χ1) is 9.20. The number of primary amides is 1. The Morgan fingerprint density at radius 1 is 1.05 bits per heavy atom. The highest BCUT2D eigenvalue weighted by molar-refractivity contribution is 5.74. The first-order valence-electron chi connectivity index (χ1n) is 6.31. The predicted octanol–water partition coefficient (Wildman–Crippen LogP) is 2.49. The highest BCUT2D eigenvalue weighted by atomic mass is 16.1. The fraction of sp³-hybridized carbons (Fsp3) is 0.188. The molecule has 3 heteroatoms. The first kappa shape index (κ1) is 13.3. The van der Waals surface area contributed by atoms with Gasteiger partial charge in [0, 0.05) is 12.5 Å². The Morgan fingerprint density at radius 3 is 2.16 bits per heavy atom. The molecule has 1 atom stereocenters. The fourth-order valence-corrected chi connectivity index (χ4v) is 2.13. The number of nitrogens with two attached hydrogens (primary N) is 1. The largest absolute Gasteiger partial charge is 0.370 e. The van der Waals surface area contributed by atoms with E-state index in [9.17, 15) is 4.79 Å². The lowest BCUT2D eigenvalue weighted by Gasteiger charge is -2.15. The van der Waals surface area contributed by atoms with Crippen molar-refractivity contribution in [3.63, 3.8) is 0 Å². The fourth-order valence-electron chi connectivity index (χ4n) is 2.13. The molecule has 1 unspecified atom stereocenters. The van der Waals surface area contributed by atoms with Crippen LogP contribution in [0.15, 0.2) is 54.6 Å². The highest BCUT2D eigenvalue weighted by Crippen LogP contribution is 2.22. The van der Waals surface area contributed by atoms with Gasteiger partial charge in [0.15, 0.2) is 0 Å². The molecule has 3 nitrogen and oxygen atoms in total. The van der Waals surface area contributed by atoms with Gasteiger partial charge in [0.2, 0.25) is 5.91 Å². The summed E-state index contributed by atoms with van der Waals surface area (Å²) in [6.45, 7) is 0. The van der Waals surface area contributed by atoms with E-state index in [1.807, 2.05) is 37.4 Å². The molecule has 98 valence electrons. The van der Waals surface area contributed by atoms with Crippen molar-refractivity contribution in [3.05, 3.63) is 60.2 Å². The molecule has 0 aliphatic carbocycles.